The van der Waals surface area contributed by atoms with Crippen LogP contribution in [0, 0.1) is 0 Å². The highest BCUT2D eigenvalue weighted by Crippen LogP contribution is 1.99. The van der Waals surface area contributed by atoms with Crippen molar-refractivity contribution < 1.29 is 0 Å². The summed E-state index contributed by atoms with van der Waals surface area (Å²) in [6.45, 7) is 16.4. The maximum absolute atomic E-state index is 2.31. The molecule has 0 heterocycles. The van der Waals surface area contributed by atoms with Crippen molar-refractivity contribution in [2.75, 3.05) is 19.2 Å². The number of thioether (sulfide) groups is 1. The van der Waals surface area contributed by atoms with Crippen LogP contribution in [0.3, 0.4) is 0 Å². The van der Waals surface area contributed by atoms with Crippen LogP contribution >= 0.6 is 11.8 Å². The molecule has 0 N–H and O–H groups in total. The van der Waals surface area contributed by atoms with Crippen LogP contribution in [0.1, 0.15) is 55.4 Å². The van der Waals surface area contributed by atoms with Gasteiger partial charge in [-0.15, -0.1) is 11.8 Å². The first-order valence-electron chi connectivity index (χ1n) is 5.87. The Morgan fingerprint density at radius 1 is 0.929 bits per heavy atom. The van der Waals surface area contributed by atoms with Crippen molar-refractivity contribution in [2.45, 2.75) is 61.4 Å². The third-order valence-corrected chi connectivity index (χ3v) is 1.88. The van der Waals surface area contributed by atoms with E-state index in [2.05, 4.69) is 32.1 Å². The first-order valence-corrected chi connectivity index (χ1v) is 7.27. The van der Waals surface area contributed by atoms with Gasteiger partial charge in [0.2, 0.25) is 0 Å². The van der Waals surface area contributed by atoms with Crippen LogP contribution < -0.4 is 0 Å². The molecule has 0 unspecified atom stereocenters. The highest BCUT2D eigenvalue weighted by molar-refractivity contribution is 7.98. The standard InChI is InChI=1S/C6H15NS.3C2H6/c1-6(2)7(3)5-8-4;3*1-2/h6H,5H2,1-4H3;3*1-2H3. The number of hydrogen-bond acceptors (Lipinski definition) is 2. The second kappa shape index (κ2) is 29.2. The van der Waals surface area contributed by atoms with E-state index in [-0.39, 0.29) is 0 Å². The second-order valence-corrected chi connectivity index (χ2v) is 3.10. The summed E-state index contributed by atoms with van der Waals surface area (Å²) in [6.07, 6.45) is 2.12. The summed E-state index contributed by atoms with van der Waals surface area (Å²) in [7, 11) is 2.14. The lowest BCUT2D eigenvalue weighted by molar-refractivity contribution is 0.322. The maximum atomic E-state index is 2.31. The second-order valence-electron chi connectivity index (χ2n) is 2.27. The molecule has 0 saturated carbocycles. The summed E-state index contributed by atoms with van der Waals surface area (Å²) in [6, 6.07) is 0.683. The first kappa shape index (κ1) is 23.8. The number of rotatable bonds is 3. The molecule has 14 heavy (non-hydrogen) atoms. The highest BCUT2D eigenvalue weighted by atomic mass is 32.2. The van der Waals surface area contributed by atoms with Gasteiger partial charge in [0, 0.05) is 11.9 Å². The summed E-state index contributed by atoms with van der Waals surface area (Å²) in [5, 5.41) is 0. The molecule has 0 bridgehead atoms. The van der Waals surface area contributed by atoms with E-state index in [0.29, 0.717) is 6.04 Å². The van der Waals surface area contributed by atoms with Gasteiger partial charge in [-0.2, -0.15) is 0 Å². The van der Waals surface area contributed by atoms with Crippen LogP contribution in [0.2, 0.25) is 0 Å². The molecule has 92 valence electrons. The number of hydrogen-bond donors (Lipinski definition) is 0. The molecule has 0 saturated heterocycles. The normalized spacial score (nSPS) is 7.71. The van der Waals surface area contributed by atoms with Crippen LogP contribution in [0.25, 0.3) is 0 Å². The van der Waals surface area contributed by atoms with E-state index in [1.165, 1.54) is 0 Å². The lowest BCUT2D eigenvalue weighted by atomic mass is 10.4. The van der Waals surface area contributed by atoms with Crippen LogP contribution in [0.5, 0.6) is 0 Å². The molecule has 0 aliphatic carbocycles. The van der Waals surface area contributed by atoms with Gasteiger partial charge in [-0.1, -0.05) is 41.5 Å². The topological polar surface area (TPSA) is 3.24 Å². The molecule has 2 heteroatoms. The molecule has 0 aromatic carbocycles. The molecule has 0 aromatic rings. The molecule has 0 amide bonds. The largest absolute Gasteiger partial charge is 0.295 e. The third-order valence-electron chi connectivity index (χ3n) is 1.21. The Balaban J connectivity index is -0.0000000708. The molecule has 0 radical (unpaired) electrons. The molecule has 0 fully saturated rings. The smallest absolute Gasteiger partial charge is 0.0441 e. The SMILES string of the molecule is CC.CC.CC.CSCN(C)C(C)C. The van der Waals surface area contributed by atoms with Gasteiger partial charge in [-0.05, 0) is 27.2 Å². The fraction of sp³-hybridized carbons (Fsp3) is 1.00. The molecular weight excluding hydrogens is 190 g/mol. The van der Waals surface area contributed by atoms with E-state index in [1.807, 2.05) is 53.3 Å². The van der Waals surface area contributed by atoms with Crippen LogP contribution in [0.15, 0.2) is 0 Å². The summed E-state index contributed by atoms with van der Waals surface area (Å²) in [4.78, 5) is 2.31. The minimum Gasteiger partial charge on any atom is -0.295 e. The molecule has 0 aliphatic heterocycles. The van der Waals surface area contributed by atoms with Crippen molar-refractivity contribution >= 4 is 11.8 Å². The first-order chi connectivity index (χ1) is 6.68. The van der Waals surface area contributed by atoms with Crippen molar-refractivity contribution in [1.29, 1.82) is 0 Å². The van der Waals surface area contributed by atoms with Crippen molar-refractivity contribution in [3.63, 3.8) is 0 Å². The zero-order chi connectivity index (χ0) is 12.6. The van der Waals surface area contributed by atoms with Gasteiger partial charge in [0.25, 0.3) is 0 Å². The molecule has 0 rings (SSSR count). The Hall–Kier alpha value is 0.310. The van der Waals surface area contributed by atoms with Crippen LogP contribution in [0.4, 0.5) is 0 Å². The van der Waals surface area contributed by atoms with Gasteiger partial charge < -0.3 is 0 Å². The fourth-order valence-corrected chi connectivity index (χ4v) is 1.06. The van der Waals surface area contributed by atoms with Gasteiger partial charge in [0.15, 0.2) is 0 Å². The van der Waals surface area contributed by atoms with Gasteiger partial charge in [-0.3, -0.25) is 4.90 Å². The average Bonchev–Trinajstić information content (AvgIpc) is 2.27. The molecule has 1 nitrogen and oxygen atoms in total. The minimum atomic E-state index is 0.683. The van der Waals surface area contributed by atoms with E-state index in [1.54, 1.807) is 0 Å². The van der Waals surface area contributed by atoms with Gasteiger partial charge in [0.05, 0.1) is 0 Å². The molecule has 0 aliphatic rings. The Morgan fingerprint density at radius 2 is 1.21 bits per heavy atom. The Labute approximate surface area is 97.7 Å². The number of nitrogens with zero attached hydrogens (tertiary/aromatic N) is 1. The predicted molar refractivity (Wildman–Crippen MR) is 75.3 cm³/mol. The lowest BCUT2D eigenvalue weighted by Gasteiger charge is -2.18. The molecule has 0 aromatic heterocycles. The van der Waals surface area contributed by atoms with Crippen molar-refractivity contribution in [2.24, 2.45) is 0 Å². The third kappa shape index (κ3) is 29.5. The maximum Gasteiger partial charge on any atom is 0.0441 e. The Bertz CT molecular complexity index is 56.3. The molecule has 0 atom stereocenters. The van der Waals surface area contributed by atoms with Gasteiger partial charge >= 0.3 is 0 Å². The van der Waals surface area contributed by atoms with E-state index in [4.69, 9.17) is 0 Å². The minimum absolute atomic E-state index is 0.683. The summed E-state index contributed by atoms with van der Waals surface area (Å²) in [5.74, 6) is 1.14. The van der Waals surface area contributed by atoms with Crippen molar-refractivity contribution in [1.82, 2.24) is 4.90 Å². The van der Waals surface area contributed by atoms with Crippen LogP contribution in [-0.2, 0) is 0 Å². The summed E-state index contributed by atoms with van der Waals surface area (Å²) >= 11 is 1.86. The zero-order valence-electron chi connectivity index (χ0n) is 12.1. The van der Waals surface area contributed by atoms with E-state index >= 15 is 0 Å². The van der Waals surface area contributed by atoms with Gasteiger partial charge in [-0.25, -0.2) is 0 Å². The molecular formula is C12H33NS. The van der Waals surface area contributed by atoms with Crippen molar-refractivity contribution in [3.8, 4) is 0 Å². The quantitative estimate of drug-likeness (QED) is 0.637. The van der Waals surface area contributed by atoms with E-state index in [0.717, 1.165) is 5.88 Å². The van der Waals surface area contributed by atoms with E-state index in [9.17, 15) is 0 Å². The highest BCUT2D eigenvalue weighted by Gasteiger charge is 1.98. The van der Waals surface area contributed by atoms with Crippen LogP contribution in [-0.4, -0.2) is 30.1 Å². The van der Waals surface area contributed by atoms with Gasteiger partial charge in [0.1, 0.15) is 0 Å². The lowest BCUT2D eigenvalue weighted by Crippen LogP contribution is -2.25. The predicted octanol–water partition coefficient (Wildman–Crippen LogP) is 4.73. The fourth-order valence-electron chi connectivity index (χ4n) is 0.353. The zero-order valence-corrected chi connectivity index (χ0v) is 13.0. The van der Waals surface area contributed by atoms with Crippen molar-refractivity contribution in [3.05, 3.63) is 0 Å². The average molecular weight is 223 g/mol. The summed E-state index contributed by atoms with van der Waals surface area (Å²) < 4.78 is 0. The monoisotopic (exact) mass is 223 g/mol. The summed E-state index contributed by atoms with van der Waals surface area (Å²) in [5.41, 5.74) is 0. The molecule has 0 spiro atoms. The van der Waals surface area contributed by atoms with E-state index < -0.39 is 0 Å². The Kier molecular flexibility index (Phi) is 49.8. The Morgan fingerprint density at radius 3 is 1.29 bits per heavy atom.